The van der Waals surface area contributed by atoms with E-state index in [1.54, 1.807) is 19.2 Å². The van der Waals surface area contributed by atoms with Crippen LogP contribution >= 0.6 is 0 Å². The van der Waals surface area contributed by atoms with Gasteiger partial charge in [-0.15, -0.1) is 0 Å². The first-order valence-electron chi connectivity index (χ1n) is 6.14. The zero-order valence-electron chi connectivity index (χ0n) is 11.2. The Labute approximate surface area is 114 Å². The number of fused-ring (bicyclic) bond motifs is 1. The van der Waals surface area contributed by atoms with Gasteiger partial charge in [0.1, 0.15) is 6.54 Å². The minimum absolute atomic E-state index is 0.00667. The number of aromatic amines is 1. The first-order chi connectivity index (χ1) is 9.45. The Bertz CT molecular complexity index is 729. The van der Waals surface area contributed by atoms with Crippen molar-refractivity contribution in [3.05, 3.63) is 34.2 Å². The smallest absolute Gasteiger partial charge is 0.337 e. The largest absolute Gasteiger partial charge is 0.478 e. The lowest BCUT2D eigenvalue weighted by Crippen LogP contribution is -2.33. The van der Waals surface area contributed by atoms with Crippen molar-refractivity contribution in [3.8, 4) is 0 Å². The van der Waals surface area contributed by atoms with Crippen molar-refractivity contribution in [2.75, 3.05) is 13.6 Å². The van der Waals surface area contributed by atoms with E-state index in [-0.39, 0.29) is 23.5 Å². The summed E-state index contributed by atoms with van der Waals surface area (Å²) in [5, 5.41) is 9.18. The summed E-state index contributed by atoms with van der Waals surface area (Å²) in [5.74, 6) is -1.39. The highest BCUT2D eigenvalue weighted by atomic mass is 16.4. The SMILES string of the molecule is CCN(C)C(=O)Cn1c(=O)[nH]c2cccc(C(=O)O)c21. The van der Waals surface area contributed by atoms with Crippen LogP contribution < -0.4 is 5.69 Å². The van der Waals surface area contributed by atoms with Crippen molar-refractivity contribution in [2.24, 2.45) is 0 Å². The van der Waals surface area contributed by atoms with Gasteiger partial charge in [0, 0.05) is 13.6 Å². The summed E-state index contributed by atoms with van der Waals surface area (Å²) in [6.45, 7) is 2.15. The number of aromatic nitrogens is 2. The Morgan fingerprint density at radius 3 is 2.70 bits per heavy atom. The second-order valence-electron chi connectivity index (χ2n) is 4.43. The molecule has 2 N–H and O–H groups in total. The van der Waals surface area contributed by atoms with Crippen LogP contribution in [0.15, 0.2) is 23.0 Å². The molecular weight excluding hydrogens is 262 g/mol. The van der Waals surface area contributed by atoms with Crippen LogP contribution in [0.5, 0.6) is 0 Å². The highest BCUT2D eigenvalue weighted by Crippen LogP contribution is 2.16. The molecule has 20 heavy (non-hydrogen) atoms. The van der Waals surface area contributed by atoms with Gasteiger partial charge < -0.3 is 15.0 Å². The van der Waals surface area contributed by atoms with Gasteiger partial charge in [-0.25, -0.2) is 9.59 Å². The molecule has 2 rings (SSSR count). The molecule has 1 amide bonds. The van der Waals surface area contributed by atoms with E-state index in [2.05, 4.69) is 4.98 Å². The molecule has 0 aliphatic heterocycles. The quantitative estimate of drug-likeness (QED) is 0.851. The number of nitrogens with one attached hydrogen (secondary N) is 1. The van der Waals surface area contributed by atoms with Crippen LogP contribution in [0.2, 0.25) is 0 Å². The van der Waals surface area contributed by atoms with Gasteiger partial charge in [-0.1, -0.05) is 6.07 Å². The third kappa shape index (κ3) is 2.29. The molecule has 0 unspecified atom stereocenters. The van der Waals surface area contributed by atoms with E-state index >= 15 is 0 Å². The summed E-state index contributed by atoms with van der Waals surface area (Å²) in [6, 6.07) is 4.56. The standard InChI is InChI=1S/C13H15N3O4/c1-3-15(2)10(17)7-16-11-8(12(18)19)5-4-6-9(11)14-13(16)20/h4-6H,3,7H2,1-2H3,(H,14,20)(H,18,19). The van der Waals surface area contributed by atoms with Crippen LogP contribution in [0, 0.1) is 0 Å². The van der Waals surface area contributed by atoms with Gasteiger partial charge in [0.25, 0.3) is 0 Å². The fourth-order valence-corrected chi connectivity index (χ4v) is 1.98. The molecule has 0 saturated carbocycles. The molecule has 1 aromatic carbocycles. The zero-order chi connectivity index (χ0) is 14.9. The highest BCUT2D eigenvalue weighted by molar-refractivity contribution is 6.01. The Kier molecular flexibility index (Phi) is 3.60. The molecule has 1 aromatic heterocycles. The number of aromatic carboxylic acids is 1. The van der Waals surface area contributed by atoms with Crippen molar-refractivity contribution < 1.29 is 14.7 Å². The molecule has 0 radical (unpaired) electrons. The maximum atomic E-state index is 11.9. The summed E-state index contributed by atoms with van der Waals surface area (Å²) < 4.78 is 1.16. The first-order valence-corrected chi connectivity index (χ1v) is 6.14. The van der Waals surface area contributed by atoms with E-state index in [9.17, 15) is 19.5 Å². The number of para-hydroxylation sites is 1. The van der Waals surface area contributed by atoms with Crippen molar-refractivity contribution in [1.29, 1.82) is 0 Å². The Morgan fingerprint density at radius 2 is 2.10 bits per heavy atom. The van der Waals surface area contributed by atoms with E-state index in [1.165, 1.54) is 11.0 Å². The number of benzene rings is 1. The number of carboxylic acid groups (broad SMARTS) is 1. The predicted octanol–water partition coefficient (Wildman–Crippen LogP) is 0.506. The number of carbonyl (C=O) groups is 2. The van der Waals surface area contributed by atoms with Crippen LogP contribution in [-0.4, -0.2) is 45.0 Å². The van der Waals surface area contributed by atoms with Crippen LogP contribution in [0.4, 0.5) is 0 Å². The normalized spacial score (nSPS) is 10.7. The Morgan fingerprint density at radius 1 is 1.40 bits per heavy atom. The topological polar surface area (TPSA) is 95.4 Å². The molecule has 0 aliphatic rings. The van der Waals surface area contributed by atoms with Gasteiger partial charge in [0.15, 0.2) is 0 Å². The van der Waals surface area contributed by atoms with Gasteiger partial charge >= 0.3 is 11.7 Å². The number of rotatable bonds is 4. The average Bonchev–Trinajstić information content (AvgIpc) is 2.73. The third-order valence-electron chi connectivity index (χ3n) is 3.22. The van der Waals surface area contributed by atoms with Crippen molar-refractivity contribution in [2.45, 2.75) is 13.5 Å². The van der Waals surface area contributed by atoms with Crippen molar-refractivity contribution >= 4 is 22.9 Å². The highest BCUT2D eigenvalue weighted by Gasteiger charge is 2.18. The summed E-state index contributed by atoms with van der Waals surface area (Å²) in [5.41, 5.74) is 0.143. The van der Waals surface area contributed by atoms with E-state index in [0.717, 1.165) is 4.57 Å². The summed E-state index contributed by atoms with van der Waals surface area (Å²) in [7, 11) is 1.63. The minimum Gasteiger partial charge on any atom is -0.478 e. The summed E-state index contributed by atoms with van der Waals surface area (Å²) in [4.78, 5) is 39.1. The fraction of sp³-hybridized carbons (Fsp3) is 0.308. The summed E-state index contributed by atoms with van der Waals surface area (Å²) in [6.07, 6.45) is 0. The number of amides is 1. The number of likely N-dealkylation sites (N-methyl/N-ethyl adjacent to an activating group) is 1. The molecule has 0 bridgehead atoms. The maximum Gasteiger partial charge on any atom is 0.337 e. The number of hydrogen-bond donors (Lipinski definition) is 2. The summed E-state index contributed by atoms with van der Waals surface area (Å²) >= 11 is 0. The van der Waals surface area contributed by atoms with Gasteiger partial charge in [0.2, 0.25) is 5.91 Å². The molecule has 0 fully saturated rings. The van der Waals surface area contributed by atoms with E-state index in [1.807, 2.05) is 6.92 Å². The van der Waals surface area contributed by atoms with Gasteiger partial charge in [0.05, 0.1) is 16.6 Å². The molecule has 1 heterocycles. The first kappa shape index (κ1) is 13.9. The minimum atomic E-state index is -1.14. The molecule has 7 nitrogen and oxygen atoms in total. The maximum absolute atomic E-state index is 11.9. The number of carboxylic acids is 1. The number of carbonyl (C=O) groups excluding carboxylic acids is 1. The fourth-order valence-electron chi connectivity index (χ4n) is 1.98. The number of hydrogen-bond acceptors (Lipinski definition) is 3. The number of H-pyrrole nitrogens is 1. The lowest BCUT2D eigenvalue weighted by Gasteiger charge is -2.14. The molecule has 0 aliphatic carbocycles. The van der Waals surface area contributed by atoms with Gasteiger partial charge in [-0.3, -0.25) is 9.36 Å². The van der Waals surface area contributed by atoms with Crippen LogP contribution in [-0.2, 0) is 11.3 Å². The molecule has 0 saturated heterocycles. The lowest BCUT2D eigenvalue weighted by molar-refractivity contribution is -0.130. The van der Waals surface area contributed by atoms with Crippen molar-refractivity contribution in [1.82, 2.24) is 14.5 Å². The van der Waals surface area contributed by atoms with E-state index in [4.69, 9.17) is 0 Å². The zero-order valence-corrected chi connectivity index (χ0v) is 11.2. The molecule has 106 valence electrons. The number of nitrogens with zero attached hydrogens (tertiary/aromatic N) is 2. The van der Waals surface area contributed by atoms with Crippen LogP contribution in [0.25, 0.3) is 11.0 Å². The molecule has 0 spiro atoms. The lowest BCUT2D eigenvalue weighted by atomic mass is 10.2. The Hall–Kier alpha value is -2.57. The molecular formula is C13H15N3O4. The molecule has 7 heteroatoms. The van der Waals surface area contributed by atoms with Gasteiger partial charge in [-0.05, 0) is 19.1 Å². The van der Waals surface area contributed by atoms with Gasteiger partial charge in [-0.2, -0.15) is 0 Å². The monoisotopic (exact) mass is 277 g/mol. The van der Waals surface area contributed by atoms with Crippen LogP contribution in [0.3, 0.4) is 0 Å². The van der Waals surface area contributed by atoms with E-state index in [0.29, 0.717) is 12.1 Å². The predicted molar refractivity (Wildman–Crippen MR) is 72.8 cm³/mol. The average molecular weight is 277 g/mol. The molecule has 2 aromatic rings. The number of imidazole rings is 1. The molecule has 0 atom stereocenters. The van der Waals surface area contributed by atoms with Crippen molar-refractivity contribution in [3.63, 3.8) is 0 Å². The second kappa shape index (κ2) is 5.20. The Balaban J connectivity index is 2.58. The van der Waals surface area contributed by atoms with E-state index < -0.39 is 11.7 Å². The second-order valence-corrected chi connectivity index (χ2v) is 4.43. The van der Waals surface area contributed by atoms with Crippen LogP contribution in [0.1, 0.15) is 17.3 Å². The third-order valence-corrected chi connectivity index (χ3v) is 3.22.